The zero-order valence-corrected chi connectivity index (χ0v) is 13.0. The highest BCUT2D eigenvalue weighted by atomic mass is 32.2. The highest BCUT2D eigenvalue weighted by molar-refractivity contribution is 7.92. The summed E-state index contributed by atoms with van der Waals surface area (Å²) in [6, 6.07) is 5.94. The number of hydrogen-bond donors (Lipinski definition) is 1. The van der Waals surface area contributed by atoms with Gasteiger partial charge < -0.3 is 4.74 Å². The minimum atomic E-state index is -3.85. The van der Waals surface area contributed by atoms with Crippen LogP contribution in [-0.4, -0.2) is 25.0 Å². The maximum absolute atomic E-state index is 12.9. The summed E-state index contributed by atoms with van der Waals surface area (Å²) in [7, 11) is -3.85. The topological polar surface area (TPSA) is 81.2 Å². The van der Waals surface area contributed by atoms with Crippen LogP contribution in [0.1, 0.15) is 13.8 Å². The summed E-state index contributed by atoms with van der Waals surface area (Å²) < 4.78 is 44.9. The van der Waals surface area contributed by atoms with Gasteiger partial charge in [0.15, 0.2) is 5.82 Å². The molecule has 22 heavy (non-hydrogen) atoms. The molecule has 1 aromatic heterocycles. The van der Waals surface area contributed by atoms with Crippen LogP contribution in [0.3, 0.4) is 0 Å². The SMILES string of the molecule is CC(C)COc1ccc(S(=O)(=O)Nc2cncc(F)n2)cc1. The molecule has 0 fully saturated rings. The predicted octanol–water partition coefficient (Wildman–Crippen LogP) is 2.45. The first-order valence-electron chi connectivity index (χ1n) is 6.60. The molecule has 0 bridgehead atoms. The van der Waals surface area contributed by atoms with Crippen molar-refractivity contribution in [3.63, 3.8) is 0 Å². The van der Waals surface area contributed by atoms with Crippen LogP contribution < -0.4 is 9.46 Å². The Labute approximate surface area is 128 Å². The summed E-state index contributed by atoms with van der Waals surface area (Å²) >= 11 is 0. The zero-order chi connectivity index (χ0) is 16.2. The molecule has 1 N–H and O–H groups in total. The molecule has 0 atom stereocenters. The van der Waals surface area contributed by atoms with E-state index in [0.29, 0.717) is 18.3 Å². The molecule has 0 aliphatic rings. The number of sulfonamides is 1. The Hall–Kier alpha value is -2.22. The molecule has 0 aliphatic carbocycles. The number of nitrogens with one attached hydrogen (secondary N) is 1. The fourth-order valence-electron chi connectivity index (χ4n) is 1.57. The third-order valence-corrected chi connectivity index (χ3v) is 3.93. The molecule has 1 aromatic carbocycles. The van der Waals surface area contributed by atoms with E-state index in [1.165, 1.54) is 12.1 Å². The molecule has 0 radical (unpaired) electrons. The van der Waals surface area contributed by atoms with Crippen molar-refractivity contribution in [3.8, 4) is 5.75 Å². The molecule has 8 heteroatoms. The number of anilines is 1. The summed E-state index contributed by atoms with van der Waals surface area (Å²) in [6.45, 7) is 4.58. The monoisotopic (exact) mass is 325 g/mol. The molecule has 6 nitrogen and oxygen atoms in total. The van der Waals surface area contributed by atoms with Gasteiger partial charge in [-0.1, -0.05) is 13.8 Å². The molecular formula is C14H16FN3O3S. The third-order valence-electron chi connectivity index (χ3n) is 2.56. The quantitative estimate of drug-likeness (QED) is 0.882. The van der Waals surface area contributed by atoms with Gasteiger partial charge in [-0.05, 0) is 30.2 Å². The van der Waals surface area contributed by atoms with E-state index in [9.17, 15) is 12.8 Å². The van der Waals surface area contributed by atoms with Gasteiger partial charge in [0.2, 0.25) is 5.95 Å². The first-order chi connectivity index (χ1) is 10.4. The van der Waals surface area contributed by atoms with E-state index in [1.807, 2.05) is 13.8 Å². The van der Waals surface area contributed by atoms with Crippen molar-refractivity contribution in [2.75, 3.05) is 11.3 Å². The minimum Gasteiger partial charge on any atom is -0.493 e. The van der Waals surface area contributed by atoms with Crippen LogP contribution in [-0.2, 0) is 10.0 Å². The average molecular weight is 325 g/mol. The lowest BCUT2D eigenvalue weighted by Gasteiger charge is -2.10. The second-order valence-electron chi connectivity index (χ2n) is 5.01. The smallest absolute Gasteiger partial charge is 0.263 e. The van der Waals surface area contributed by atoms with Gasteiger partial charge in [0.25, 0.3) is 10.0 Å². The number of nitrogens with zero attached hydrogens (tertiary/aromatic N) is 2. The van der Waals surface area contributed by atoms with E-state index in [0.717, 1.165) is 12.4 Å². The molecule has 1 heterocycles. The number of halogens is 1. The molecule has 2 aromatic rings. The van der Waals surface area contributed by atoms with Crippen molar-refractivity contribution >= 4 is 15.8 Å². The fraction of sp³-hybridized carbons (Fsp3) is 0.286. The Morgan fingerprint density at radius 3 is 2.50 bits per heavy atom. The summed E-state index contributed by atoms with van der Waals surface area (Å²) in [5, 5.41) is 0. The van der Waals surface area contributed by atoms with Crippen molar-refractivity contribution in [3.05, 3.63) is 42.6 Å². The van der Waals surface area contributed by atoms with Crippen LogP contribution in [0.2, 0.25) is 0 Å². The van der Waals surface area contributed by atoms with Crippen molar-refractivity contribution < 1.29 is 17.5 Å². The molecule has 0 saturated heterocycles. The second kappa shape index (κ2) is 6.69. The number of benzene rings is 1. The van der Waals surface area contributed by atoms with Gasteiger partial charge >= 0.3 is 0 Å². The van der Waals surface area contributed by atoms with Gasteiger partial charge in [-0.15, -0.1) is 0 Å². The maximum atomic E-state index is 12.9. The normalized spacial score (nSPS) is 11.5. The van der Waals surface area contributed by atoms with Crippen LogP contribution in [0.25, 0.3) is 0 Å². The van der Waals surface area contributed by atoms with Crippen LogP contribution >= 0.6 is 0 Å². The number of rotatable bonds is 6. The van der Waals surface area contributed by atoms with Crippen LogP contribution in [0.15, 0.2) is 41.6 Å². The van der Waals surface area contributed by atoms with Gasteiger partial charge in [-0.3, -0.25) is 9.71 Å². The van der Waals surface area contributed by atoms with Gasteiger partial charge in [-0.25, -0.2) is 8.42 Å². The van der Waals surface area contributed by atoms with Crippen LogP contribution in [0, 0.1) is 11.9 Å². The molecule has 0 amide bonds. The van der Waals surface area contributed by atoms with Crippen molar-refractivity contribution in [2.45, 2.75) is 18.7 Å². The highest BCUT2D eigenvalue weighted by Crippen LogP contribution is 2.18. The average Bonchev–Trinajstić information content (AvgIpc) is 2.45. The van der Waals surface area contributed by atoms with Crippen molar-refractivity contribution in [2.24, 2.45) is 5.92 Å². The lowest BCUT2D eigenvalue weighted by atomic mass is 10.2. The summed E-state index contributed by atoms with van der Waals surface area (Å²) in [5.74, 6) is -0.0902. The molecular weight excluding hydrogens is 309 g/mol. The fourth-order valence-corrected chi connectivity index (χ4v) is 2.55. The van der Waals surface area contributed by atoms with E-state index >= 15 is 0 Å². The van der Waals surface area contributed by atoms with Crippen LogP contribution in [0.4, 0.5) is 10.2 Å². The van der Waals surface area contributed by atoms with E-state index in [-0.39, 0.29) is 10.7 Å². The Morgan fingerprint density at radius 2 is 1.91 bits per heavy atom. The Balaban J connectivity index is 2.12. The maximum Gasteiger partial charge on any atom is 0.263 e. The highest BCUT2D eigenvalue weighted by Gasteiger charge is 2.15. The molecule has 0 saturated carbocycles. The number of ether oxygens (including phenoxy) is 1. The molecule has 0 unspecified atom stereocenters. The van der Waals surface area contributed by atoms with E-state index in [4.69, 9.17) is 4.74 Å². The lowest BCUT2D eigenvalue weighted by Crippen LogP contribution is -2.14. The molecule has 0 aliphatic heterocycles. The molecule has 2 rings (SSSR count). The van der Waals surface area contributed by atoms with E-state index in [1.54, 1.807) is 12.1 Å². The van der Waals surface area contributed by atoms with Gasteiger partial charge in [-0.2, -0.15) is 9.37 Å². The molecule has 118 valence electrons. The van der Waals surface area contributed by atoms with E-state index in [2.05, 4.69) is 14.7 Å². The van der Waals surface area contributed by atoms with Gasteiger partial charge in [0, 0.05) is 0 Å². The Morgan fingerprint density at radius 1 is 1.23 bits per heavy atom. The summed E-state index contributed by atoms with van der Waals surface area (Å²) in [4.78, 5) is 6.96. The summed E-state index contributed by atoms with van der Waals surface area (Å²) in [6.07, 6.45) is 2.01. The summed E-state index contributed by atoms with van der Waals surface area (Å²) in [5.41, 5.74) is 0. The minimum absolute atomic E-state index is 0.0236. The molecule has 0 spiro atoms. The van der Waals surface area contributed by atoms with Crippen molar-refractivity contribution in [1.29, 1.82) is 0 Å². The van der Waals surface area contributed by atoms with Crippen molar-refractivity contribution in [1.82, 2.24) is 9.97 Å². The first-order valence-corrected chi connectivity index (χ1v) is 8.08. The van der Waals surface area contributed by atoms with E-state index < -0.39 is 16.0 Å². The standard InChI is InChI=1S/C14H16FN3O3S/c1-10(2)9-21-11-3-5-12(6-4-11)22(19,20)18-14-8-16-7-13(15)17-14/h3-8,10H,9H2,1-2H3,(H,17,18). The lowest BCUT2D eigenvalue weighted by molar-refractivity contribution is 0.271. The Kier molecular flexibility index (Phi) is 4.92. The number of aromatic nitrogens is 2. The zero-order valence-electron chi connectivity index (χ0n) is 12.2. The van der Waals surface area contributed by atoms with Gasteiger partial charge in [0.1, 0.15) is 5.75 Å². The first kappa shape index (κ1) is 16.2. The number of hydrogen-bond acceptors (Lipinski definition) is 5. The largest absolute Gasteiger partial charge is 0.493 e. The predicted molar refractivity (Wildman–Crippen MR) is 79.6 cm³/mol. The van der Waals surface area contributed by atoms with Gasteiger partial charge in [0.05, 0.1) is 23.9 Å². The second-order valence-corrected chi connectivity index (χ2v) is 6.69. The van der Waals surface area contributed by atoms with Crippen LogP contribution in [0.5, 0.6) is 5.75 Å². The Bertz CT molecular complexity index is 733. The third kappa shape index (κ3) is 4.39.